The summed E-state index contributed by atoms with van der Waals surface area (Å²) in [6.45, 7) is 1.11. The van der Waals surface area contributed by atoms with Crippen LogP contribution in [0.25, 0.3) is 0 Å². The third kappa shape index (κ3) is 1.99. The minimum Gasteiger partial charge on any atom is -0.477 e. The van der Waals surface area contributed by atoms with Gasteiger partial charge >= 0.3 is 5.97 Å². The average molecular weight is 313 g/mol. The zero-order valence-corrected chi connectivity index (χ0v) is 11.9. The van der Waals surface area contributed by atoms with Crippen molar-refractivity contribution in [1.82, 2.24) is 14.8 Å². The van der Waals surface area contributed by atoms with Gasteiger partial charge in [0.25, 0.3) is 11.8 Å². The van der Waals surface area contributed by atoms with Crippen LogP contribution in [0, 0.1) is 0 Å². The van der Waals surface area contributed by atoms with E-state index in [1.165, 1.54) is 18.3 Å². The predicted octanol–water partition coefficient (Wildman–Crippen LogP) is 1.03. The largest absolute Gasteiger partial charge is 0.477 e. The molecule has 1 aromatic carbocycles. The number of benzene rings is 1. The van der Waals surface area contributed by atoms with Crippen molar-refractivity contribution in [1.29, 1.82) is 0 Å². The first-order chi connectivity index (χ1) is 11.2. The number of nitrogens with zero attached hydrogens (tertiary/aromatic N) is 3. The first kappa shape index (κ1) is 13.5. The fourth-order valence-electron chi connectivity index (χ4n) is 2.59. The number of hydrogen-bond acceptors (Lipinski definition) is 6. The van der Waals surface area contributed by atoms with Crippen molar-refractivity contribution in [2.75, 3.05) is 6.61 Å². The normalized spacial score (nSPS) is 15.9. The van der Waals surface area contributed by atoms with E-state index in [0.717, 1.165) is 6.42 Å². The number of aromatic nitrogens is 2. The van der Waals surface area contributed by atoms with Gasteiger partial charge in [0.1, 0.15) is 5.56 Å². The molecular formula is C15H11N3O5. The summed E-state index contributed by atoms with van der Waals surface area (Å²) in [6.07, 6.45) is 2.10. The first-order valence-corrected chi connectivity index (χ1v) is 7.05. The number of imide groups is 1. The Morgan fingerprint density at radius 2 is 1.87 bits per heavy atom. The van der Waals surface area contributed by atoms with Crippen molar-refractivity contribution in [3.05, 3.63) is 47.2 Å². The number of hydroxylamine groups is 2. The summed E-state index contributed by atoms with van der Waals surface area (Å²) in [7, 11) is 0. The Kier molecular flexibility index (Phi) is 2.90. The molecule has 0 bridgehead atoms. The van der Waals surface area contributed by atoms with E-state index in [1.807, 2.05) is 0 Å². The Morgan fingerprint density at radius 3 is 2.57 bits per heavy atom. The maximum Gasteiger partial charge on any atom is 0.371 e. The third-order valence-corrected chi connectivity index (χ3v) is 3.70. The minimum absolute atomic E-state index is 0.0845. The summed E-state index contributed by atoms with van der Waals surface area (Å²) in [5.41, 5.74) is 0.499. The van der Waals surface area contributed by atoms with Gasteiger partial charge in [-0.3, -0.25) is 9.59 Å². The van der Waals surface area contributed by atoms with E-state index in [4.69, 9.17) is 9.57 Å². The monoisotopic (exact) mass is 313 g/mol. The van der Waals surface area contributed by atoms with Gasteiger partial charge in [0.15, 0.2) is 0 Å². The van der Waals surface area contributed by atoms with Crippen LogP contribution in [0.15, 0.2) is 30.5 Å². The van der Waals surface area contributed by atoms with Gasteiger partial charge in [-0.25, -0.2) is 9.48 Å². The first-order valence-electron chi connectivity index (χ1n) is 7.05. The molecule has 4 rings (SSSR count). The molecule has 2 amide bonds. The molecule has 0 unspecified atom stereocenters. The van der Waals surface area contributed by atoms with Crippen molar-refractivity contribution in [2.45, 2.75) is 13.0 Å². The molecule has 23 heavy (non-hydrogen) atoms. The zero-order chi connectivity index (χ0) is 16.0. The lowest BCUT2D eigenvalue weighted by molar-refractivity contribution is -0.0587. The summed E-state index contributed by atoms with van der Waals surface area (Å²) < 4.78 is 6.95. The minimum atomic E-state index is -0.859. The predicted molar refractivity (Wildman–Crippen MR) is 74.7 cm³/mol. The number of rotatable bonds is 2. The van der Waals surface area contributed by atoms with Crippen LogP contribution in [0.1, 0.15) is 37.5 Å². The van der Waals surface area contributed by atoms with Crippen LogP contribution in [0.2, 0.25) is 0 Å². The molecule has 0 atom stereocenters. The molecule has 2 aliphatic rings. The lowest BCUT2D eigenvalue weighted by Gasteiger charge is -2.16. The molecule has 8 heteroatoms. The molecule has 8 nitrogen and oxygen atoms in total. The quantitative estimate of drug-likeness (QED) is 0.769. The number of hydrogen-bond donors (Lipinski definition) is 0. The highest BCUT2D eigenvalue weighted by Crippen LogP contribution is 2.26. The van der Waals surface area contributed by atoms with E-state index in [2.05, 4.69) is 5.10 Å². The van der Waals surface area contributed by atoms with Crippen LogP contribution in [-0.4, -0.2) is 39.2 Å². The van der Waals surface area contributed by atoms with Gasteiger partial charge < -0.3 is 9.57 Å². The zero-order valence-electron chi connectivity index (χ0n) is 11.9. The smallest absolute Gasteiger partial charge is 0.371 e. The van der Waals surface area contributed by atoms with Gasteiger partial charge in [-0.15, -0.1) is 0 Å². The third-order valence-electron chi connectivity index (χ3n) is 3.70. The van der Waals surface area contributed by atoms with E-state index in [1.54, 1.807) is 16.8 Å². The van der Waals surface area contributed by atoms with Gasteiger partial charge in [0.2, 0.25) is 5.88 Å². The molecule has 0 spiro atoms. The molecule has 116 valence electrons. The number of ether oxygens (including phenoxy) is 1. The number of amides is 2. The molecular weight excluding hydrogens is 302 g/mol. The topological polar surface area (TPSA) is 90.7 Å². The van der Waals surface area contributed by atoms with Gasteiger partial charge in [-0.2, -0.15) is 5.10 Å². The van der Waals surface area contributed by atoms with Crippen molar-refractivity contribution in [2.24, 2.45) is 0 Å². The molecule has 1 aromatic heterocycles. The summed E-state index contributed by atoms with van der Waals surface area (Å²) in [6, 6.07) is 6.29. The second-order valence-corrected chi connectivity index (χ2v) is 5.12. The highest BCUT2D eigenvalue weighted by Gasteiger charge is 2.39. The Hall–Kier alpha value is -3.16. The van der Waals surface area contributed by atoms with E-state index in [0.29, 0.717) is 18.2 Å². The molecule has 0 aliphatic carbocycles. The molecule has 0 saturated carbocycles. The van der Waals surface area contributed by atoms with E-state index in [-0.39, 0.29) is 22.6 Å². The maximum absolute atomic E-state index is 12.3. The molecule has 2 aromatic rings. The second kappa shape index (κ2) is 4.94. The Balaban J connectivity index is 1.60. The Morgan fingerprint density at radius 1 is 1.17 bits per heavy atom. The van der Waals surface area contributed by atoms with Crippen molar-refractivity contribution >= 4 is 17.8 Å². The molecule has 0 radical (unpaired) electrons. The van der Waals surface area contributed by atoms with Crippen LogP contribution in [0.4, 0.5) is 0 Å². The van der Waals surface area contributed by atoms with E-state index in [9.17, 15) is 14.4 Å². The molecule has 0 N–H and O–H groups in total. The standard InChI is InChI=1S/C15H11N3O5/c19-12-9-4-1-2-5-10(9)13(20)18(12)23-15(21)11-8-16-17-6-3-7-22-14(11)17/h1-2,4-5,8H,3,6-7H2. The Bertz CT molecular complexity index is 806. The molecule has 0 fully saturated rings. The number of aryl methyl sites for hydroxylation is 1. The summed E-state index contributed by atoms with van der Waals surface area (Å²) >= 11 is 0. The molecule has 2 aliphatic heterocycles. The Labute approximate surface area is 130 Å². The van der Waals surface area contributed by atoms with E-state index >= 15 is 0 Å². The van der Waals surface area contributed by atoms with Gasteiger partial charge in [-0.1, -0.05) is 17.2 Å². The molecule has 3 heterocycles. The van der Waals surface area contributed by atoms with Crippen LogP contribution in [0.3, 0.4) is 0 Å². The lowest BCUT2D eigenvalue weighted by Crippen LogP contribution is -2.32. The highest BCUT2D eigenvalue weighted by atomic mass is 16.7. The van der Waals surface area contributed by atoms with Gasteiger partial charge in [0.05, 0.1) is 23.9 Å². The SMILES string of the molecule is O=C(ON1C(=O)c2ccccc2C1=O)c1cnn2c1OCCC2. The van der Waals surface area contributed by atoms with Gasteiger partial charge in [-0.05, 0) is 12.1 Å². The fourth-order valence-corrected chi connectivity index (χ4v) is 2.59. The van der Waals surface area contributed by atoms with Gasteiger partial charge in [0, 0.05) is 13.0 Å². The van der Waals surface area contributed by atoms with Crippen molar-refractivity contribution in [3.63, 3.8) is 0 Å². The van der Waals surface area contributed by atoms with Crippen LogP contribution < -0.4 is 4.74 Å². The van der Waals surface area contributed by atoms with Crippen LogP contribution >= 0.6 is 0 Å². The summed E-state index contributed by atoms with van der Waals surface area (Å²) in [4.78, 5) is 41.6. The van der Waals surface area contributed by atoms with Crippen molar-refractivity contribution < 1.29 is 24.0 Å². The van der Waals surface area contributed by atoms with Crippen LogP contribution in [-0.2, 0) is 11.4 Å². The highest BCUT2D eigenvalue weighted by molar-refractivity contribution is 6.21. The number of fused-ring (bicyclic) bond motifs is 2. The average Bonchev–Trinajstić information content (AvgIpc) is 3.11. The second-order valence-electron chi connectivity index (χ2n) is 5.12. The number of carbonyl (C=O) groups excluding carboxylic acids is 3. The van der Waals surface area contributed by atoms with E-state index < -0.39 is 17.8 Å². The summed E-state index contributed by atoms with van der Waals surface area (Å²) in [5, 5.41) is 4.50. The van der Waals surface area contributed by atoms with Crippen LogP contribution in [0.5, 0.6) is 5.88 Å². The summed E-state index contributed by atoms with van der Waals surface area (Å²) in [5.74, 6) is -1.90. The molecule has 0 saturated heterocycles. The maximum atomic E-state index is 12.3. The number of carbonyl (C=O) groups is 3. The lowest BCUT2D eigenvalue weighted by atomic mass is 10.1. The van der Waals surface area contributed by atoms with Crippen molar-refractivity contribution in [3.8, 4) is 5.88 Å². The fraction of sp³-hybridized carbons (Fsp3) is 0.200.